The predicted octanol–water partition coefficient (Wildman–Crippen LogP) is 2.45. The molecule has 6 rings (SSSR count). The number of hydrogen-bond acceptors (Lipinski definition) is 8. The van der Waals surface area contributed by atoms with Gasteiger partial charge in [-0.2, -0.15) is 4.68 Å². The van der Waals surface area contributed by atoms with Crippen molar-refractivity contribution in [2.75, 3.05) is 49.1 Å². The van der Waals surface area contributed by atoms with Crippen molar-refractivity contribution in [1.29, 1.82) is 0 Å². The fourth-order valence-electron chi connectivity index (χ4n) is 5.16. The summed E-state index contributed by atoms with van der Waals surface area (Å²) in [6.07, 6.45) is 1.62. The molecule has 200 valence electrons. The highest BCUT2D eigenvalue weighted by atomic mass is 19.1. The maximum absolute atomic E-state index is 13.7. The average Bonchev–Trinajstić information content (AvgIpc) is 3.57. The van der Waals surface area contributed by atoms with E-state index in [2.05, 4.69) is 25.2 Å². The van der Waals surface area contributed by atoms with Crippen LogP contribution in [0.4, 0.5) is 15.9 Å². The second-order valence-corrected chi connectivity index (χ2v) is 9.50. The third-order valence-corrected chi connectivity index (χ3v) is 7.10. The van der Waals surface area contributed by atoms with Gasteiger partial charge >= 0.3 is 0 Å². The summed E-state index contributed by atoms with van der Waals surface area (Å²) in [4.78, 5) is 40.1. The first kappa shape index (κ1) is 24.7. The molecule has 1 unspecified atom stereocenters. The second-order valence-electron chi connectivity index (χ2n) is 9.50. The van der Waals surface area contributed by atoms with E-state index in [0.717, 1.165) is 11.4 Å². The highest BCUT2D eigenvalue weighted by Gasteiger charge is 2.38. The minimum absolute atomic E-state index is 0.0591. The number of ether oxygens (including phenoxy) is 1. The van der Waals surface area contributed by atoms with Gasteiger partial charge in [0.05, 0.1) is 18.2 Å². The molecule has 2 aromatic heterocycles. The number of rotatable bonds is 6. The van der Waals surface area contributed by atoms with Gasteiger partial charge in [-0.05, 0) is 49.4 Å². The monoisotopic (exact) mass is 530 g/mol. The molecule has 39 heavy (non-hydrogen) atoms. The van der Waals surface area contributed by atoms with Crippen molar-refractivity contribution in [2.45, 2.75) is 13.3 Å². The van der Waals surface area contributed by atoms with Crippen LogP contribution < -0.4 is 14.5 Å². The summed E-state index contributed by atoms with van der Waals surface area (Å²) in [5.74, 6) is 0.346. The van der Waals surface area contributed by atoms with Crippen LogP contribution in [0.2, 0.25) is 0 Å². The van der Waals surface area contributed by atoms with Crippen LogP contribution in [0.5, 0.6) is 5.75 Å². The van der Waals surface area contributed by atoms with Crippen molar-refractivity contribution in [3.63, 3.8) is 0 Å². The Morgan fingerprint density at radius 1 is 1.05 bits per heavy atom. The summed E-state index contributed by atoms with van der Waals surface area (Å²) in [7, 11) is 0. The number of hydrogen-bond donors (Lipinski definition) is 0. The number of benzene rings is 2. The van der Waals surface area contributed by atoms with Crippen LogP contribution in [0.15, 0.2) is 54.9 Å². The molecule has 0 spiro atoms. The van der Waals surface area contributed by atoms with Crippen LogP contribution in [0.25, 0.3) is 16.9 Å². The molecule has 4 heterocycles. The molecule has 2 aromatic carbocycles. The van der Waals surface area contributed by atoms with Gasteiger partial charge in [0.15, 0.2) is 17.0 Å². The summed E-state index contributed by atoms with van der Waals surface area (Å²) in [5.41, 5.74) is 2.45. The minimum Gasteiger partial charge on any atom is -0.494 e. The summed E-state index contributed by atoms with van der Waals surface area (Å²) in [6, 6.07) is 13.4. The smallest absolute Gasteiger partial charge is 0.228 e. The molecule has 2 saturated heterocycles. The van der Waals surface area contributed by atoms with Crippen molar-refractivity contribution in [2.24, 2.45) is 5.92 Å². The fourth-order valence-corrected chi connectivity index (χ4v) is 5.16. The van der Waals surface area contributed by atoms with Gasteiger partial charge in [0.2, 0.25) is 11.8 Å². The molecule has 0 bridgehead atoms. The first-order valence-corrected chi connectivity index (χ1v) is 12.9. The number of anilines is 2. The maximum Gasteiger partial charge on any atom is 0.228 e. The molecule has 12 heteroatoms. The van der Waals surface area contributed by atoms with E-state index in [0.29, 0.717) is 55.5 Å². The van der Waals surface area contributed by atoms with Crippen molar-refractivity contribution in [3.8, 4) is 11.4 Å². The normalized spacial score (nSPS) is 17.7. The Morgan fingerprint density at radius 3 is 2.59 bits per heavy atom. The fraction of sp³-hybridized carbons (Fsp3) is 0.333. The molecule has 2 amide bonds. The molecule has 0 radical (unpaired) electrons. The largest absolute Gasteiger partial charge is 0.494 e. The Balaban J connectivity index is 1.13. The van der Waals surface area contributed by atoms with E-state index in [4.69, 9.17) is 4.74 Å². The third kappa shape index (κ3) is 4.73. The number of carbonyl (C=O) groups excluding carboxylic acids is 2. The van der Waals surface area contributed by atoms with Gasteiger partial charge in [-0.1, -0.05) is 11.3 Å². The van der Waals surface area contributed by atoms with Gasteiger partial charge in [0.1, 0.15) is 17.9 Å². The summed E-state index contributed by atoms with van der Waals surface area (Å²) in [6.45, 7) is 4.87. The van der Waals surface area contributed by atoms with Gasteiger partial charge in [-0.25, -0.2) is 14.4 Å². The molecule has 0 aliphatic carbocycles. The summed E-state index contributed by atoms with van der Waals surface area (Å²) >= 11 is 0. The molecule has 2 aliphatic heterocycles. The highest BCUT2D eigenvalue weighted by Crippen LogP contribution is 2.28. The zero-order valence-corrected chi connectivity index (χ0v) is 21.4. The van der Waals surface area contributed by atoms with E-state index in [1.54, 1.807) is 21.7 Å². The van der Waals surface area contributed by atoms with Crippen LogP contribution >= 0.6 is 0 Å². The Labute approximate surface area is 223 Å². The quantitative estimate of drug-likeness (QED) is 0.374. The maximum atomic E-state index is 13.7. The van der Waals surface area contributed by atoms with E-state index in [9.17, 15) is 14.0 Å². The Bertz CT molecular complexity index is 1520. The van der Waals surface area contributed by atoms with Gasteiger partial charge < -0.3 is 19.4 Å². The lowest BCUT2D eigenvalue weighted by Gasteiger charge is -2.36. The Morgan fingerprint density at radius 2 is 1.85 bits per heavy atom. The number of amides is 2. The molecule has 11 nitrogen and oxygen atoms in total. The van der Waals surface area contributed by atoms with Crippen molar-refractivity contribution in [1.82, 2.24) is 29.9 Å². The first-order valence-electron chi connectivity index (χ1n) is 12.9. The Kier molecular flexibility index (Phi) is 6.51. The number of nitrogens with zero attached hydrogens (tertiary/aromatic N) is 8. The van der Waals surface area contributed by atoms with E-state index in [1.807, 2.05) is 31.2 Å². The second kappa shape index (κ2) is 10.3. The van der Waals surface area contributed by atoms with Gasteiger partial charge in [0.25, 0.3) is 0 Å². The number of fused-ring (bicyclic) bond motifs is 1. The number of carbonyl (C=O) groups is 2. The molecule has 4 aromatic rings. The average molecular weight is 531 g/mol. The van der Waals surface area contributed by atoms with Crippen molar-refractivity contribution < 1.29 is 18.7 Å². The van der Waals surface area contributed by atoms with Gasteiger partial charge in [-0.15, -0.1) is 5.10 Å². The SMILES string of the molecule is CCOc1ccc(-n2nnc3c(N4CCN(C(=O)C5CC(=O)N(c6cccc(F)c6)C5)CC4)ncnc32)cc1. The molecule has 2 fully saturated rings. The van der Waals surface area contributed by atoms with Gasteiger partial charge in [0, 0.05) is 44.8 Å². The van der Waals surface area contributed by atoms with E-state index in [-0.39, 0.29) is 24.8 Å². The lowest BCUT2D eigenvalue weighted by atomic mass is 10.1. The number of halogens is 1. The molecule has 2 aliphatic rings. The van der Waals surface area contributed by atoms with E-state index in [1.165, 1.54) is 23.4 Å². The number of piperazine rings is 1. The first-order chi connectivity index (χ1) is 19.0. The summed E-state index contributed by atoms with van der Waals surface area (Å²) < 4.78 is 20.8. The Hall–Kier alpha value is -4.61. The third-order valence-electron chi connectivity index (χ3n) is 7.10. The van der Waals surface area contributed by atoms with Crippen molar-refractivity contribution >= 4 is 34.5 Å². The van der Waals surface area contributed by atoms with Crippen LogP contribution in [0.1, 0.15) is 13.3 Å². The van der Waals surface area contributed by atoms with Gasteiger partial charge in [-0.3, -0.25) is 9.59 Å². The molecule has 1 atom stereocenters. The van der Waals surface area contributed by atoms with Crippen LogP contribution in [-0.2, 0) is 9.59 Å². The molecular formula is C27H27FN8O3. The summed E-state index contributed by atoms with van der Waals surface area (Å²) in [5, 5.41) is 8.67. The number of aromatic nitrogens is 5. The molecular weight excluding hydrogens is 503 g/mol. The van der Waals surface area contributed by atoms with E-state index < -0.39 is 11.7 Å². The standard InChI is InChI=1S/C27H27FN8O3/c1-2-39-22-8-6-20(7-9-22)36-26-24(31-32-36)25(29-17-30-26)33-10-12-34(13-11-33)27(38)18-14-23(37)35(16-18)21-5-3-4-19(28)15-21/h3-9,15,17-18H,2,10-14,16H2,1H3. The highest BCUT2D eigenvalue weighted by molar-refractivity contribution is 6.00. The van der Waals surface area contributed by atoms with Crippen LogP contribution in [0.3, 0.4) is 0 Å². The molecule has 0 N–H and O–H groups in total. The lowest BCUT2D eigenvalue weighted by Crippen LogP contribution is -2.51. The topological polar surface area (TPSA) is 110 Å². The molecule has 0 saturated carbocycles. The minimum atomic E-state index is -0.452. The van der Waals surface area contributed by atoms with Crippen LogP contribution in [-0.4, -0.2) is 81.0 Å². The van der Waals surface area contributed by atoms with Crippen LogP contribution in [0, 0.1) is 11.7 Å². The van der Waals surface area contributed by atoms with E-state index >= 15 is 0 Å². The predicted molar refractivity (Wildman–Crippen MR) is 141 cm³/mol. The van der Waals surface area contributed by atoms with Crippen molar-refractivity contribution in [3.05, 3.63) is 60.7 Å². The zero-order valence-electron chi connectivity index (χ0n) is 21.4. The lowest BCUT2D eigenvalue weighted by molar-refractivity contribution is -0.136. The zero-order chi connectivity index (χ0) is 26.9.